The molecule has 0 amide bonds. The molecule has 0 unspecified atom stereocenters. The average molecular weight is 790 g/mol. The topological polar surface area (TPSA) is 147 Å². The highest BCUT2D eigenvalue weighted by atomic mass is 28.4. The van der Waals surface area contributed by atoms with Gasteiger partial charge in [0.25, 0.3) is 5.88 Å². The summed E-state index contributed by atoms with van der Waals surface area (Å²) in [6.07, 6.45) is 0.921. The third-order valence-electron chi connectivity index (χ3n) is 11.3. The van der Waals surface area contributed by atoms with Gasteiger partial charge in [0.05, 0.1) is 30.5 Å². The van der Waals surface area contributed by atoms with Gasteiger partial charge < -0.3 is 34.0 Å². The van der Waals surface area contributed by atoms with Crippen LogP contribution in [0.15, 0.2) is 47.2 Å². The van der Waals surface area contributed by atoms with E-state index >= 15 is 4.79 Å². The zero-order valence-corrected chi connectivity index (χ0v) is 33.9. The normalized spacial score (nSPS) is 22.5. The molecule has 5 rings (SSSR count). The monoisotopic (exact) mass is 789 g/mol. The number of anilines is 1. The van der Waals surface area contributed by atoms with Crippen molar-refractivity contribution >= 4 is 25.6 Å². The Morgan fingerprint density at radius 2 is 1.69 bits per heavy atom. The van der Waals surface area contributed by atoms with Gasteiger partial charge in [-0.05, 0) is 54.9 Å². The second-order valence-electron chi connectivity index (χ2n) is 16.1. The maximum atomic E-state index is 15.5. The van der Waals surface area contributed by atoms with E-state index in [9.17, 15) is 23.1 Å². The Morgan fingerprint density at radius 1 is 1.07 bits per heavy atom. The first-order valence-corrected chi connectivity index (χ1v) is 21.9. The molecule has 55 heavy (non-hydrogen) atoms. The number of hydrogen-bond donors (Lipinski definition) is 2. The lowest BCUT2D eigenvalue weighted by molar-refractivity contribution is -0.274. The van der Waals surface area contributed by atoms with Gasteiger partial charge in [-0.15, -0.1) is 26.3 Å². The number of carbonyl (C=O) groups is 2. The van der Waals surface area contributed by atoms with Crippen molar-refractivity contribution in [3.8, 4) is 17.4 Å². The van der Waals surface area contributed by atoms with Gasteiger partial charge in [0, 0.05) is 36.2 Å². The summed E-state index contributed by atoms with van der Waals surface area (Å²) in [5, 5.41) is 16.6. The van der Waals surface area contributed by atoms with Crippen LogP contribution in [0.5, 0.6) is 17.4 Å². The van der Waals surface area contributed by atoms with Crippen LogP contribution in [0.1, 0.15) is 105 Å². The number of alkyl halides is 3. The molecule has 0 saturated heterocycles. The molecule has 1 aromatic carbocycles. The number of aliphatic hydroxyl groups excluding tert-OH is 1. The number of aromatic nitrogens is 1. The minimum absolute atomic E-state index is 0.00265. The highest BCUT2D eigenvalue weighted by molar-refractivity contribution is 6.74. The molecule has 3 aliphatic rings. The predicted molar refractivity (Wildman–Crippen MR) is 204 cm³/mol. The standard InChI is InChI=1S/C40H54F3N3O8Si/c1-10-14-18-50-33-26(44)22-27(52-40(41,42)43)24-20-23-21-25-31(46(16-12-3)17-13-4)34-30(37(45-53-34)51-19-15-11-2)36(49)39(25,54-55(8,9)38(5,6)7)35(48)28(23)32(47)29(24)33/h12-13,22-23,25,31,48H,3-4,10-11,14-21,44H2,1-2,5-9H3/t23-,25-,31-,39-/m0/s1. The SMILES string of the molecule is C=CCN(CC=C)[C@@H]1c2onc(OCCCC)c2C(=O)[C@@]2(O[Si](C)(C)C(C)(C)C)C(O)=C3C(=O)c4c(c(OC(F)(F)F)cc(N)c4OCCCC)C[C@H]3C[C@@H]12. The van der Waals surface area contributed by atoms with E-state index in [1.54, 1.807) is 12.2 Å². The second-order valence-corrected chi connectivity index (χ2v) is 20.8. The Bertz CT molecular complexity index is 1840. The maximum Gasteiger partial charge on any atom is 0.573 e. The fraction of sp³-hybridized carbons (Fsp3) is 0.575. The molecule has 2 aromatic rings. The molecule has 0 spiro atoms. The van der Waals surface area contributed by atoms with E-state index in [1.807, 2.05) is 52.6 Å². The zero-order valence-electron chi connectivity index (χ0n) is 32.9. The maximum absolute atomic E-state index is 15.5. The molecule has 0 bridgehead atoms. The van der Waals surface area contributed by atoms with Crippen molar-refractivity contribution in [3.63, 3.8) is 0 Å². The number of unbranched alkanes of at least 4 members (excludes halogenated alkanes) is 2. The van der Waals surface area contributed by atoms with Crippen molar-refractivity contribution in [3.05, 3.63) is 65.2 Å². The third-order valence-corrected chi connectivity index (χ3v) is 15.8. The number of nitrogens with two attached hydrogens (primary N) is 1. The number of ether oxygens (including phenoxy) is 3. The van der Waals surface area contributed by atoms with E-state index in [4.69, 9.17) is 24.2 Å². The van der Waals surface area contributed by atoms with Gasteiger partial charge in [-0.2, -0.15) is 0 Å². The smallest absolute Gasteiger partial charge is 0.508 e. The molecule has 3 aliphatic carbocycles. The second kappa shape index (κ2) is 15.8. The Labute approximate surface area is 321 Å². The number of halogens is 3. The summed E-state index contributed by atoms with van der Waals surface area (Å²) in [7, 11) is -3.04. The van der Waals surface area contributed by atoms with Crippen molar-refractivity contribution in [2.24, 2.45) is 11.8 Å². The molecule has 0 saturated carbocycles. The van der Waals surface area contributed by atoms with Crippen LogP contribution in [0, 0.1) is 11.8 Å². The van der Waals surface area contributed by atoms with Crippen LogP contribution in [-0.4, -0.2) is 73.3 Å². The highest BCUT2D eigenvalue weighted by Gasteiger charge is 2.67. The van der Waals surface area contributed by atoms with Gasteiger partial charge in [-0.25, -0.2) is 0 Å². The Balaban J connectivity index is 1.85. The summed E-state index contributed by atoms with van der Waals surface area (Å²) in [6.45, 7) is 22.6. The molecule has 0 fully saturated rings. The first-order valence-electron chi connectivity index (χ1n) is 18.9. The van der Waals surface area contributed by atoms with Crippen LogP contribution in [0.3, 0.4) is 0 Å². The first-order chi connectivity index (χ1) is 25.8. The number of aliphatic hydroxyl groups is 1. The minimum Gasteiger partial charge on any atom is -0.508 e. The van der Waals surface area contributed by atoms with E-state index < -0.39 is 66.3 Å². The van der Waals surface area contributed by atoms with Crippen molar-refractivity contribution in [2.45, 2.75) is 109 Å². The lowest BCUT2D eigenvalue weighted by Crippen LogP contribution is -2.65. The summed E-state index contributed by atoms with van der Waals surface area (Å²) in [4.78, 5) is 32.4. The van der Waals surface area contributed by atoms with Crippen LogP contribution in [-0.2, 0) is 10.8 Å². The molecule has 11 nitrogen and oxygen atoms in total. The average Bonchev–Trinajstić information content (AvgIpc) is 3.50. The van der Waals surface area contributed by atoms with E-state index in [-0.39, 0.29) is 84.5 Å². The Kier molecular flexibility index (Phi) is 12.1. The summed E-state index contributed by atoms with van der Waals surface area (Å²) < 4.78 is 71.2. The Morgan fingerprint density at radius 3 is 2.25 bits per heavy atom. The first kappa shape index (κ1) is 42.1. The van der Waals surface area contributed by atoms with Gasteiger partial charge in [0.15, 0.2) is 31.2 Å². The van der Waals surface area contributed by atoms with Gasteiger partial charge in [0.2, 0.25) is 5.78 Å². The molecular formula is C40H54F3N3O8Si. The number of nitrogen functional groups attached to an aromatic ring is 1. The van der Waals surface area contributed by atoms with Crippen LogP contribution < -0.4 is 19.9 Å². The van der Waals surface area contributed by atoms with Gasteiger partial charge in [-0.1, -0.05) is 59.6 Å². The minimum atomic E-state index is -5.10. The largest absolute Gasteiger partial charge is 0.573 e. The number of fused-ring (bicyclic) bond motifs is 4. The summed E-state index contributed by atoms with van der Waals surface area (Å²) >= 11 is 0. The number of rotatable bonds is 16. The number of Topliss-reactive ketones (excluding diaryl/α,β-unsaturated/α-hetero) is 2. The van der Waals surface area contributed by atoms with Crippen molar-refractivity contribution < 1.29 is 51.0 Å². The number of hydrogen-bond acceptors (Lipinski definition) is 11. The lowest BCUT2D eigenvalue weighted by atomic mass is 9.58. The van der Waals surface area contributed by atoms with E-state index in [2.05, 4.69) is 23.1 Å². The van der Waals surface area contributed by atoms with Crippen LogP contribution in [0.2, 0.25) is 18.1 Å². The third kappa shape index (κ3) is 7.59. The molecule has 0 radical (unpaired) electrons. The van der Waals surface area contributed by atoms with Crippen molar-refractivity contribution in [1.82, 2.24) is 10.1 Å². The molecule has 1 heterocycles. The fourth-order valence-corrected chi connectivity index (χ4v) is 9.19. The highest BCUT2D eigenvalue weighted by Crippen LogP contribution is 2.60. The zero-order chi connectivity index (χ0) is 40.7. The summed E-state index contributed by atoms with van der Waals surface area (Å²) in [5.41, 5.74) is 3.45. The number of ketones is 2. The molecule has 0 aliphatic heterocycles. The fourth-order valence-electron chi connectivity index (χ4n) is 7.73. The number of nitrogens with zero attached hydrogens (tertiary/aromatic N) is 2. The molecule has 1 aromatic heterocycles. The van der Waals surface area contributed by atoms with Crippen molar-refractivity contribution in [1.29, 1.82) is 0 Å². The molecule has 4 atom stereocenters. The van der Waals surface area contributed by atoms with Crippen LogP contribution in [0.25, 0.3) is 0 Å². The number of allylic oxidation sites excluding steroid dienone is 1. The molecule has 15 heteroatoms. The number of benzene rings is 1. The summed E-state index contributed by atoms with van der Waals surface area (Å²) in [6, 6.07) is 0.210. The van der Waals surface area contributed by atoms with Crippen LogP contribution in [0.4, 0.5) is 18.9 Å². The Hall–Kier alpha value is -4.08. The van der Waals surface area contributed by atoms with Crippen LogP contribution >= 0.6 is 0 Å². The quantitative estimate of drug-likeness (QED) is 0.0727. The molecule has 3 N–H and O–H groups in total. The van der Waals surface area contributed by atoms with Gasteiger partial charge in [0.1, 0.15) is 17.1 Å². The molecular weight excluding hydrogens is 736 g/mol. The van der Waals surface area contributed by atoms with Gasteiger partial charge in [-0.3, -0.25) is 14.5 Å². The molecule has 302 valence electrons. The predicted octanol–water partition coefficient (Wildman–Crippen LogP) is 9.07. The van der Waals surface area contributed by atoms with E-state index in [1.165, 1.54) is 0 Å². The van der Waals surface area contributed by atoms with Crippen molar-refractivity contribution in [2.75, 3.05) is 32.0 Å². The summed E-state index contributed by atoms with van der Waals surface area (Å²) in [5.74, 6) is -4.50. The van der Waals surface area contributed by atoms with E-state index in [0.29, 0.717) is 12.8 Å². The lowest BCUT2D eigenvalue weighted by Gasteiger charge is -2.55. The number of carbonyl (C=O) groups excluding carboxylic acids is 2. The van der Waals surface area contributed by atoms with E-state index in [0.717, 1.165) is 18.9 Å². The van der Waals surface area contributed by atoms with Gasteiger partial charge >= 0.3 is 6.36 Å².